The topological polar surface area (TPSA) is 9.23 Å². The van der Waals surface area contributed by atoms with E-state index in [1.807, 2.05) is 0 Å². The second-order valence-corrected chi connectivity index (χ2v) is 13.5. The highest BCUT2D eigenvalue weighted by Gasteiger charge is 2.36. The molecule has 2 heteroatoms. The summed E-state index contributed by atoms with van der Waals surface area (Å²) in [6.45, 7) is 14.8. The van der Waals surface area contributed by atoms with Crippen molar-refractivity contribution in [1.29, 1.82) is 0 Å². The third kappa shape index (κ3) is 13.2. The Morgan fingerprint density at radius 3 is 1.70 bits per heavy atom. The zero-order valence-electron chi connectivity index (χ0n) is 17.2. The Morgan fingerprint density at radius 2 is 1.22 bits per heavy atom. The fraction of sp³-hybridized carbons (Fsp3) is 0.952. The molecule has 0 atom stereocenters. The molecule has 0 aromatic heterocycles. The van der Waals surface area contributed by atoms with E-state index < -0.39 is 8.32 Å². The van der Waals surface area contributed by atoms with Gasteiger partial charge in [-0.3, -0.25) is 0 Å². The number of hydrogen-bond donors (Lipinski definition) is 0. The van der Waals surface area contributed by atoms with Gasteiger partial charge in [0.1, 0.15) is 0 Å². The van der Waals surface area contributed by atoms with Crippen LogP contribution in [0.5, 0.6) is 0 Å². The summed E-state index contributed by atoms with van der Waals surface area (Å²) in [5, 5.41) is 0.337. The average molecular weight is 342 g/mol. The van der Waals surface area contributed by atoms with Crippen LogP contribution in [0.15, 0.2) is 0 Å². The van der Waals surface area contributed by atoms with Gasteiger partial charge in [0.2, 0.25) is 0 Å². The Labute approximate surface area is 149 Å². The van der Waals surface area contributed by atoms with Gasteiger partial charge in [0.15, 0.2) is 8.32 Å². The van der Waals surface area contributed by atoms with Crippen LogP contribution in [0, 0.1) is 6.42 Å². The van der Waals surface area contributed by atoms with Crippen molar-refractivity contribution >= 4 is 8.32 Å². The van der Waals surface area contributed by atoms with Crippen LogP contribution in [-0.2, 0) is 4.43 Å². The van der Waals surface area contributed by atoms with E-state index in [2.05, 4.69) is 47.2 Å². The van der Waals surface area contributed by atoms with E-state index in [9.17, 15) is 0 Å². The van der Waals surface area contributed by atoms with E-state index in [1.165, 1.54) is 70.6 Å². The van der Waals surface area contributed by atoms with Crippen LogP contribution >= 0.6 is 0 Å². The van der Waals surface area contributed by atoms with Crippen LogP contribution in [0.25, 0.3) is 0 Å². The molecular weight excluding hydrogens is 296 g/mol. The van der Waals surface area contributed by atoms with E-state index in [0.29, 0.717) is 5.04 Å². The van der Waals surface area contributed by atoms with Crippen molar-refractivity contribution in [1.82, 2.24) is 0 Å². The Kier molecular flexibility index (Phi) is 13.6. The molecular formula is C21H45OSi. The number of unbranched alkanes of at least 4 members (excludes halogenated alkanes) is 12. The molecule has 139 valence electrons. The van der Waals surface area contributed by atoms with Gasteiger partial charge in [0, 0.05) is 6.61 Å². The molecule has 0 N–H and O–H groups in total. The smallest absolute Gasteiger partial charge is 0.191 e. The second kappa shape index (κ2) is 13.5. The van der Waals surface area contributed by atoms with Crippen LogP contribution in [0.4, 0.5) is 0 Å². The Morgan fingerprint density at radius 1 is 0.739 bits per heavy atom. The molecule has 0 heterocycles. The van der Waals surface area contributed by atoms with Gasteiger partial charge < -0.3 is 4.43 Å². The minimum Gasteiger partial charge on any atom is -0.417 e. The second-order valence-electron chi connectivity index (χ2n) is 8.66. The molecule has 0 saturated heterocycles. The van der Waals surface area contributed by atoms with E-state index >= 15 is 0 Å². The normalized spacial score (nSPS) is 12.8. The lowest BCUT2D eigenvalue weighted by Gasteiger charge is -2.36. The third-order valence-corrected chi connectivity index (χ3v) is 9.89. The monoisotopic (exact) mass is 341 g/mol. The molecule has 1 nitrogen and oxygen atoms in total. The van der Waals surface area contributed by atoms with Crippen LogP contribution in [-0.4, -0.2) is 14.9 Å². The maximum Gasteiger partial charge on any atom is 0.191 e. The first kappa shape index (κ1) is 23.2. The van der Waals surface area contributed by atoms with Gasteiger partial charge in [-0.05, 0) is 31.0 Å². The standard InChI is InChI=1S/C21H45OSi/c1-7-8-9-10-11-12-13-14-15-16-17-18-19-20-22-23(5,6)21(2,3)4/h18H,7-17,19-20H2,1-6H3. The molecule has 0 aliphatic carbocycles. The first-order valence-electron chi connectivity index (χ1n) is 10.3. The summed E-state index contributed by atoms with van der Waals surface area (Å²) >= 11 is 0. The number of hydrogen-bond acceptors (Lipinski definition) is 1. The molecule has 0 aliphatic heterocycles. The molecule has 0 fully saturated rings. The summed E-state index contributed by atoms with van der Waals surface area (Å²) in [5.41, 5.74) is 0. The lowest BCUT2D eigenvalue weighted by molar-refractivity contribution is 0.289. The van der Waals surface area contributed by atoms with Crippen molar-refractivity contribution in [2.45, 2.75) is 123 Å². The summed E-state index contributed by atoms with van der Waals surface area (Å²) in [6.07, 6.45) is 19.1. The maximum absolute atomic E-state index is 6.20. The van der Waals surface area contributed by atoms with E-state index in [0.717, 1.165) is 13.0 Å². The molecule has 0 rings (SSSR count). The van der Waals surface area contributed by atoms with E-state index in [1.54, 1.807) is 0 Å². The third-order valence-electron chi connectivity index (χ3n) is 5.35. The fourth-order valence-electron chi connectivity index (χ4n) is 2.53. The van der Waals surface area contributed by atoms with Crippen LogP contribution in [0.3, 0.4) is 0 Å². The predicted molar refractivity (Wildman–Crippen MR) is 109 cm³/mol. The first-order valence-corrected chi connectivity index (χ1v) is 13.2. The lowest BCUT2D eigenvalue weighted by atomic mass is 10.0. The predicted octanol–water partition coefficient (Wildman–Crippen LogP) is 7.91. The van der Waals surface area contributed by atoms with Crippen LogP contribution in [0.2, 0.25) is 18.1 Å². The molecule has 0 saturated carbocycles. The van der Waals surface area contributed by atoms with Crippen molar-refractivity contribution in [3.05, 3.63) is 6.42 Å². The number of rotatable bonds is 15. The van der Waals surface area contributed by atoms with Crippen molar-refractivity contribution in [3.63, 3.8) is 0 Å². The molecule has 0 unspecified atom stereocenters. The Balaban J connectivity index is 3.25. The highest BCUT2D eigenvalue weighted by molar-refractivity contribution is 6.74. The minimum atomic E-state index is -1.53. The molecule has 0 aromatic rings. The van der Waals surface area contributed by atoms with Gasteiger partial charge in [-0.25, -0.2) is 0 Å². The molecule has 0 aliphatic rings. The Bertz CT molecular complexity index is 255. The van der Waals surface area contributed by atoms with Gasteiger partial charge in [0.05, 0.1) is 0 Å². The summed E-state index contributed by atoms with van der Waals surface area (Å²) in [7, 11) is -1.53. The maximum atomic E-state index is 6.20. The van der Waals surface area contributed by atoms with Crippen LogP contribution < -0.4 is 0 Å². The van der Waals surface area contributed by atoms with Gasteiger partial charge in [-0.15, -0.1) is 0 Å². The molecule has 0 aromatic carbocycles. The summed E-state index contributed by atoms with van der Waals surface area (Å²) in [6, 6.07) is 0. The van der Waals surface area contributed by atoms with E-state index in [4.69, 9.17) is 4.43 Å². The van der Waals surface area contributed by atoms with Gasteiger partial charge in [-0.1, -0.05) is 98.3 Å². The van der Waals surface area contributed by atoms with Crippen molar-refractivity contribution in [3.8, 4) is 0 Å². The van der Waals surface area contributed by atoms with Crippen molar-refractivity contribution in [2.75, 3.05) is 6.61 Å². The summed E-state index contributed by atoms with van der Waals surface area (Å²) in [4.78, 5) is 0. The van der Waals surface area contributed by atoms with E-state index in [-0.39, 0.29) is 0 Å². The molecule has 0 amide bonds. The SMILES string of the molecule is CCCCCCCCCCCC[CH]CCO[Si](C)(C)C(C)(C)C. The summed E-state index contributed by atoms with van der Waals surface area (Å²) < 4.78 is 6.20. The summed E-state index contributed by atoms with van der Waals surface area (Å²) in [5.74, 6) is 0. The lowest BCUT2D eigenvalue weighted by Crippen LogP contribution is -2.40. The molecule has 1 radical (unpaired) electrons. The highest BCUT2D eigenvalue weighted by atomic mass is 28.4. The quantitative estimate of drug-likeness (QED) is 0.217. The zero-order valence-corrected chi connectivity index (χ0v) is 18.2. The van der Waals surface area contributed by atoms with Crippen LogP contribution in [0.1, 0.15) is 105 Å². The average Bonchev–Trinajstić information content (AvgIpc) is 2.46. The molecule has 23 heavy (non-hydrogen) atoms. The van der Waals surface area contributed by atoms with Gasteiger partial charge in [-0.2, -0.15) is 0 Å². The Hall–Kier alpha value is 0.177. The minimum absolute atomic E-state index is 0.337. The van der Waals surface area contributed by atoms with Crippen molar-refractivity contribution < 1.29 is 4.43 Å². The first-order chi connectivity index (χ1) is 10.8. The van der Waals surface area contributed by atoms with Gasteiger partial charge >= 0.3 is 0 Å². The fourth-order valence-corrected chi connectivity index (χ4v) is 3.60. The molecule has 0 bridgehead atoms. The zero-order chi connectivity index (χ0) is 17.6. The largest absolute Gasteiger partial charge is 0.417 e. The van der Waals surface area contributed by atoms with Gasteiger partial charge in [0.25, 0.3) is 0 Å². The highest BCUT2D eigenvalue weighted by Crippen LogP contribution is 2.36. The molecule has 0 spiro atoms. The van der Waals surface area contributed by atoms with Crippen molar-refractivity contribution in [2.24, 2.45) is 0 Å².